The van der Waals surface area contributed by atoms with Crippen LogP contribution in [0, 0.1) is 6.92 Å². The van der Waals surface area contributed by atoms with Gasteiger partial charge in [0.2, 0.25) is 0 Å². The van der Waals surface area contributed by atoms with Crippen LogP contribution in [0.2, 0.25) is 0 Å². The fourth-order valence-corrected chi connectivity index (χ4v) is 2.81. The number of rotatable bonds is 2. The van der Waals surface area contributed by atoms with Gasteiger partial charge >= 0.3 is 0 Å². The maximum absolute atomic E-state index is 11.6. The molecule has 0 amide bonds. The number of fused-ring (bicyclic) bond motifs is 1. The molecule has 1 atom stereocenters. The van der Waals surface area contributed by atoms with Crippen molar-refractivity contribution in [1.29, 1.82) is 0 Å². The van der Waals surface area contributed by atoms with Crippen molar-refractivity contribution in [3.63, 3.8) is 0 Å². The number of ether oxygens (including phenoxy) is 1. The van der Waals surface area contributed by atoms with Crippen molar-refractivity contribution < 1.29 is 9.53 Å². The molecule has 2 nitrogen and oxygen atoms in total. The summed E-state index contributed by atoms with van der Waals surface area (Å²) in [6.07, 6.45) is 2.03. The van der Waals surface area contributed by atoms with E-state index in [1.807, 2.05) is 37.3 Å². The van der Waals surface area contributed by atoms with Crippen LogP contribution < -0.4 is 4.74 Å². The topological polar surface area (TPSA) is 26.3 Å². The van der Waals surface area contributed by atoms with Gasteiger partial charge in [-0.15, -0.1) is 0 Å². The monoisotopic (exact) mass is 266 g/mol. The molecule has 0 aliphatic carbocycles. The van der Waals surface area contributed by atoms with E-state index in [9.17, 15) is 4.79 Å². The third-order valence-corrected chi connectivity index (χ3v) is 3.90. The maximum atomic E-state index is 11.6. The molecule has 2 aromatic carbocycles. The third kappa shape index (κ3) is 2.34. The predicted octanol–water partition coefficient (Wildman–Crippen LogP) is 4.26. The lowest BCUT2D eigenvalue weighted by atomic mass is 9.93. The Kier molecular flexibility index (Phi) is 3.31. The zero-order valence-corrected chi connectivity index (χ0v) is 11.8. The molecule has 1 aliphatic rings. The van der Waals surface area contributed by atoms with E-state index in [0.29, 0.717) is 0 Å². The first-order valence-corrected chi connectivity index (χ1v) is 7.01. The van der Waals surface area contributed by atoms with Gasteiger partial charge in [0.1, 0.15) is 11.9 Å². The number of Topliss-reactive ketones (excluding diaryl/α,β-unsaturated/α-hetero) is 1. The van der Waals surface area contributed by atoms with E-state index in [-0.39, 0.29) is 11.9 Å². The third-order valence-electron chi connectivity index (χ3n) is 3.90. The molecule has 0 N–H and O–H groups in total. The standard InChI is InChI=1S/C18H18O2/c1-12-10-18-15(11-16(12)13(2)19)8-9-17(20-18)14-6-4-3-5-7-14/h3-7,10-11,17H,8-9H2,1-2H3. The van der Waals surface area contributed by atoms with Crippen molar-refractivity contribution >= 4 is 5.78 Å². The van der Waals surface area contributed by atoms with Gasteiger partial charge < -0.3 is 4.74 Å². The summed E-state index contributed by atoms with van der Waals surface area (Å²) in [5.74, 6) is 1.04. The van der Waals surface area contributed by atoms with Crippen LogP contribution in [-0.4, -0.2) is 5.78 Å². The van der Waals surface area contributed by atoms with Crippen molar-refractivity contribution in [3.8, 4) is 5.75 Å². The molecule has 0 saturated heterocycles. The van der Waals surface area contributed by atoms with Gasteiger partial charge in [-0.05, 0) is 55.5 Å². The molecule has 2 aromatic rings. The smallest absolute Gasteiger partial charge is 0.160 e. The summed E-state index contributed by atoms with van der Waals surface area (Å²) in [5, 5.41) is 0. The highest BCUT2D eigenvalue weighted by atomic mass is 16.5. The van der Waals surface area contributed by atoms with Crippen molar-refractivity contribution in [2.45, 2.75) is 32.8 Å². The van der Waals surface area contributed by atoms with Crippen LogP contribution in [-0.2, 0) is 6.42 Å². The Morgan fingerprint density at radius 3 is 2.65 bits per heavy atom. The van der Waals surface area contributed by atoms with Crippen LogP contribution >= 0.6 is 0 Å². The van der Waals surface area contributed by atoms with E-state index in [1.165, 1.54) is 5.56 Å². The van der Waals surface area contributed by atoms with Crippen LogP contribution in [0.25, 0.3) is 0 Å². The van der Waals surface area contributed by atoms with Crippen molar-refractivity contribution in [1.82, 2.24) is 0 Å². The lowest BCUT2D eigenvalue weighted by Gasteiger charge is -2.27. The van der Waals surface area contributed by atoms with Crippen LogP contribution in [0.3, 0.4) is 0 Å². The molecule has 2 heteroatoms. The second kappa shape index (κ2) is 5.12. The molecule has 0 bridgehead atoms. The van der Waals surface area contributed by atoms with Crippen molar-refractivity contribution in [3.05, 3.63) is 64.7 Å². The molecule has 0 spiro atoms. The Balaban J connectivity index is 1.92. The molecule has 0 radical (unpaired) electrons. The summed E-state index contributed by atoms with van der Waals surface area (Å²) in [5.41, 5.74) is 4.16. The second-order valence-corrected chi connectivity index (χ2v) is 5.39. The second-order valence-electron chi connectivity index (χ2n) is 5.39. The fourth-order valence-electron chi connectivity index (χ4n) is 2.81. The first-order chi connectivity index (χ1) is 9.65. The molecule has 1 aliphatic heterocycles. The number of ketones is 1. The lowest BCUT2D eigenvalue weighted by molar-refractivity contribution is 0.101. The minimum Gasteiger partial charge on any atom is -0.485 e. The van der Waals surface area contributed by atoms with E-state index >= 15 is 0 Å². The van der Waals surface area contributed by atoms with Crippen LogP contribution in [0.5, 0.6) is 5.75 Å². The molecule has 1 unspecified atom stereocenters. The van der Waals surface area contributed by atoms with Gasteiger partial charge in [-0.1, -0.05) is 30.3 Å². The first-order valence-electron chi connectivity index (χ1n) is 7.01. The average molecular weight is 266 g/mol. The molecular weight excluding hydrogens is 248 g/mol. The van der Waals surface area contributed by atoms with E-state index in [0.717, 1.165) is 35.3 Å². The summed E-state index contributed by atoms with van der Waals surface area (Å²) >= 11 is 0. The molecular formula is C18H18O2. The van der Waals surface area contributed by atoms with Crippen LogP contribution in [0.1, 0.15) is 46.5 Å². The largest absolute Gasteiger partial charge is 0.485 e. The maximum Gasteiger partial charge on any atom is 0.160 e. The minimum atomic E-state index is 0.117. The highest BCUT2D eigenvalue weighted by Gasteiger charge is 2.22. The number of benzene rings is 2. The predicted molar refractivity (Wildman–Crippen MR) is 79.3 cm³/mol. The van der Waals surface area contributed by atoms with E-state index in [1.54, 1.807) is 6.92 Å². The van der Waals surface area contributed by atoms with E-state index in [4.69, 9.17) is 4.74 Å². The molecule has 0 aromatic heterocycles. The summed E-state index contributed by atoms with van der Waals surface area (Å²) in [4.78, 5) is 11.6. The Morgan fingerprint density at radius 1 is 1.20 bits per heavy atom. The molecule has 20 heavy (non-hydrogen) atoms. The van der Waals surface area contributed by atoms with Gasteiger partial charge in [0.05, 0.1) is 0 Å². The number of hydrogen-bond acceptors (Lipinski definition) is 2. The van der Waals surface area contributed by atoms with E-state index in [2.05, 4.69) is 12.1 Å². The lowest BCUT2D eigenvalue weighted by Crippen LogP contribution is -2.16. The zero-order valence-electron chi connectivity index (χ0n) is 11.8. The first kappa shape index (κ1) is 12.9. The van der Waals surface area contributed by atoms with Gasteiger partial charge in [-0.3, -0.25) is 4.79 Å². The van der Waals surface area contributed by atoms with Crippen molar-refractivity contribution in [2.75, 3.05) is 0 Å². The van der Waals surface area contributed by atoms with Crippen LogP contribution in [0.4, 0.5) is 0 Å². The molecule has 0 fully saturated rings. The highest BCUT2D eigenvalue weighted by Crippen LogP contribution is 2.36. The molecule has 3 rings (SSSR count). The number of carbonyl (C=O) groups excluding carboxylic acids is 1. The van der Waals surface area contributed by atoms with Crippen LogP contribution in [0.15, 0.2) is 42.5 Å². The fraction of sp³-hybridized carbons (Fsp3) is 0.278. The molecule has 0 saturated carbocycles. The number of hydrogen-bond donors (Lipinski definition) is 0. The minimum absolute atomic E-state index is 0.117. The molecule has 1 heterocycles. The van der Waals surface area contributed by atoms with Gasteiger partial charge in [0.15, 0.2) is 5.78 Å². The summed E-state index contributed by atoms with van der Waals surface area (Å²) in [6.45, 7) is 3.58. The summed E-state index contributed by atoms with van der Waals surface area (Å²) < 4.78 is 6.12. The summed E-state index contributed by atoms with van der Waals surface area (Å²) in [6, 6.07) is 14.3. The Labute approximate surface area is 119 Å². The Bertz CT molecular complexity index is 644. The SMILES string of the molecule is CC(=O)c1cc2c(cc1C)OC(c1ccccc1)CC2. The Hall–Kier alpha value is -2.09. The Morgan fingerprint density at radius 2 is 1.95 bits per heavy atom. The summed E-state index contributed by atoms with van der Waals surface area (Å²) in [7, 11) is 0. The van der Waals surface area contributed by atoms with E-state index < -0.39 is 0 Å². The normalized spacial score (nSPS) is 17.2. The number of carbonyl (C=O) groups is 1. The van der Waals surface area contributed by atoms with Gasteiger partial charge in [0.25, 0.3) is 0 Å². The highest BCUT2D eigenvalue weighted by molar-refractivity contribution is 5.96. The average Bonchev–Trinajstić information content (AvgIpc) is 2.46. The van der Waals surface area contributed by atoms with Crippen molar-refractivity contribution in [2.24, 2.45) is 0 Å². The number of aryl methyl sites for hydroxylation is 2. The van der Waals surface area contributed by atoms with Gasteiger partial charge in [-0.25, -0.2) is 0 Å². The molecule has 102 valence electrons. The quantitative estimate of drug-likeness (QED) is 0.759. The van der Waals surface area contributed by atoms with Gasteiger partial charge in [-0.2, -0.15) is 0 Å². The van der Waals surface area contributed by atoms with Gasteiger partial charge in [0, 0.05) is 5.56 Å². The zero-order chi connectivity index (χ0) is 14.1.